The van der Waals surface area contributed by atoms with Gasteiger partial charge in [0.1, 0.15) is 0 Å². The molecule has 0 saturated carbocycles. The van der Waals surface area contributed by atoms with Crippen LogP contribution in [-0.2, 0) is 0 Å². The normalized spacial score (nSPS) is 11.6. The van der Waals surface area contributed by atoms with Crippen LogP contribution in [0, 0.1) is 0 Å². The van der Waals surface area contributed by atoms with E-state index < -0.39 is 0 Å². The Balaban J connectivity index is 0.00000173. The van der Waals surface area contributed by atoms with Crippen molar-refractivity contribution in [1.82, 2.24) is 0 Å². The van der Waals surface area contributed by atoms with Gasteiger partial charge in [-0.3, -0.25) is 0 Å². The van der Waals surface area contributed by atoms with E-state index in [1.54, 1.807) is 0 Å². The lowest BCUT2D eigenvalue weighted by Crippen LogP contribution is -1.94. The van der Waals surface area contributed by atoms with Crippen LogP contribution in [0.2, 0.25) is 0 Å². The molecule has 6 aromatic rings. The zero-order chi connectivity index (χ0) is 29.6. The van der Waals surface area contributed by atoms with Crippen molar-refractivity contribution in [3.05, 3.63) is 151 Å². The van der Waals surface area contributed by atoms with Crippen molar-refractivity contribution in [2.45, 2.75) is 27.7 Å². The van der Waals surface area contributed by atoms with Gasteiger partial charge in [0.25, 0.3) is 0 Å². The van der Waals surface area contributed by atoms with Gasteiger partial charge in [0, 0.05) is 0 Å². The van der Waals surface area contributed by atoms with Crippen molar-refractivity contribution in [2.24, 2.45) is 0 Å². The predicted octanol–water partition coefficient (Wildman–Crippen LogP) is 12.8. The third kappa shape index (κ3) is 5.13. The van der Waals surface area contributed by atoms with E-state index in [1.807, 2.05) is 26.0 Å². The monoisotopic (exact) mass is 542 g/mol. The van der Waals surface area contributed by atoms with Crippen molar-refractivity contribution >= 4 is 50.0 Å². The maximum atomic E-state index is 4.26. The molecule has 0 fully saturated rings. The van der Waals surface area contributed by atoms with E-state index in [-0.39, 0.29) is 0 Å². The van der Waals surface area contributed by atoms with Gasteiger partial charge < -0.3 is 0 Å². The molecule has 206 valence electrons. The van der Waals surface area contributed by atoms with E-state index in [2.05, 4.69) is 148 Å². The molecule has 0 nitrogen and oxygen atoms in total. The summed E-state index contributed by atoms with van der Waals surface area (Å²) in [7, 11) is 0. The van der Waals surface area contributed by atoms with Crippen LogP contribution < -0.4 is 0 Å². The quantitative estimate of drug-likeness (QED) is 0.145. The van der Waals surface area contributed by atoms with Gasteiger partial charge in [0.2, 0.25) is 0 Å². The van der Waals surface area contributed by atoms with Gasteiger partial charge in [-0.2, -0.15) is 0 Å². The molecule has 6 aromatic carbocycles. The number of rotatable bonds is 6. The van der Waals surface area contributed by atoms with Crippen LogP contribution in [-0.4, -0.2) is 0 Å². The molecule has 0 heteroatoms. The maximum absolute atomic E-state index is 4.26. The highest BCUT2D eigenvalue weighted by Gasteiger charge is 2.16. The van der Waals surface area contributed by atoms with E-state index in [9.17, 15) is 0 Å². The van der Waals surface area contributed by atoms with Crippen molar-refractivity contribution < 1.29 is 0 Å². The average Bonchev–Trinajstić information content (AvgIpc) is 3.06. The van der Waals surface area contributed by atoms with E-state index in [0.717, 1.165) is 11.1 Å². The molecule has 0 unspecified atom stereocenters. The Bertz CT molecular complexity index is 2000. The second kappa shape index (κ2) is 12.7. The van der Waals surface area contributed by atoms with Gasteiger partial charge in [0.15, 0.2) is 0 Å². The second-order valence-corrected chi connectivity index (χ2v) is 10.1. The van der Waals surface area contributed by atoms with Crippen LogP contribution in [0.25, 0.3) is 72.3 Å². The topological polar surface area (TPSA) is 0 Å². The summed E-state index contributed by atoms with van der Waals surface area (Å²) >= 11 is 0. The van der Waals surface area contributed by atoms with Crippen LogP contribution in [0.3, 0.4) is 0 Å². The molecular weight excluding hydrogens is 504 g/mol. The van der Waals surface area contributed by atoms with Gasteiger partial charge in [0.05, 0.1) is 0 Å². The van der Waals surface area contributed by atoms with Crippen molar-refractivity contribution in [1.29, 1.82) is 0 Å². The molecule has 0 saturated heterocycles. The Labute approximate surface area is 250 Å². The number of hydrogen-bond acceptors (Lipinski definition) is 0. The fourth-order valence-electron chi connectivity index (χ4n) is 5.97. The van der Waals surface area contributed by atoms with Crippen LogP contribution in [0.1, 0.15) is 44.4 Å². The van der Waals surface area contributed by atoms with Crippen molar-refractivity contribution in [2.75, 3.05) is 0 Å². The van der Waals surface area contributed by atoms with Crippen molar-refractivity contribution in [3.8, 4) is 22.3 Å². The molecule has 0 amide bonds. The van der Waals surface area contributed by atoms with E-state index >= 15 is 0 Å². The molecular formula is C42H38. The standard InChI is InChI=1S/C40H32.C2H6/c1-5-14-27(6-2)29-17-13-18-31(23-29)38-26-39-34(8-4)33(7-3)37(25-40(39)36-20-12-11-19-35(36)38)32-22-21-28-15-9-10-16-30(28)24-32;1-2/h5-26H,3-4H2,1-2H3;1-2H3/b14-5-,27-6+;. The van der Waals surface area contributed by atoms with Crippen molar-refractivity contribution in [3.63, 3.8) is 0 Å². The molecule has 0 atom stereocenters. The Morgan fingerprint density at radius 3 is 1.93 bits per heavy atom. The van der Waals surface area contributed by atoms with Crippen LogP contribution in [0.15, 0.2) is 135 Å². The Morgan fingerprint density at radius 2 is 1.21 bits per heavy atom. The third-order valence-electron chi connectivity index (χ3n) is 7.88. The second-order valence-electron chi connectivity index (χ2n) is 10.1. The Kier molecular flexibility index (Phi) is 8.65. The van der Waals surface area contributed by atoms with Gasteiger partial charge in [-0.1, -0.05) is 136 Å². The smallest absolute Gasteiger partial charge is 0.00923 e. The highest BCUT2D eigenvalue weighted by molar-refractivity contribution is 6.17. The van der Waals surface area contributed by atoms with Gasteiger partial charge in [-0.05, 0) is 115 Å². The zero-order valence-corrected chi connectivity index (χ0v) is 25.1. The minimum Gasteiger partial charge on any atom is -0.0984 e. The first-order valence-corrected chi connectivity index (χ1v) is 14.8. The molecule has 0 aliphatic heterocycles. The summed E-state index contributed by atoms with van der Waals surface area (Å²) < 4.78 is 0. The van der Waals surface area contributed by atoms with Gasteiger partial charge >= 0.3 is 0 Å². The number of benzene rings is 6. The van der Waals surface area contributed by atoms with Crippen LogP contribution >= 0.6 is 0 Å². The molecule has 42 heavy (non-hydrogen) atoms. The summed E-state index contributed by atoms with van der Waals surface area (Å²) in [5.41, 5.74) is 9.43. The first-order valence-electron chi connectivity index (χ1n) is 14.8. The van der Waals surface area contributed by atoms with Crippen LogP contribution in [0.4, 0.5) is 0 Å². The van der Waals surface area contributed by atoms with Crippen LogP contribution in [0.5, 0.6) is 0 Å². The fourth-order valence-corrected chi connectivity index (χ4v) is 5.97. The number of fused-ring (bicyclic) bond motifs is 4. The Morgan fingerprint density at radius 1 is 0.548 bits per heavy atom. The summed E-state index contributed by atoms with van der Waals surface area (Å²) in [5.74, 6) is 0. The molecule has 6 rings (SSSR count). The van der Waals surface area contributed by atoms with E-state index in [4.69, 9.17) is 0 Å². The molecule has 0 aromatic heterocycles. The maximum Gasteiger partial charge on any atom is -0.00923 e. The summed E-state index contributed by atoms with van der Waals surface area (Å²) in [5, 5.41) is 7.36. The average molecular weight is 543 g/mol. The van der Waals surface area contributed by atoms with E-state index in [1.165, 1.54) is 65.7 Å². The van der Waals surface area contributed by atoms with Gasteiger partial charge in [-0.25, -0.2) is 0 Å². The SMILES string of the molecule is C=Cc1c(-c2ccc3ccccc3c2)cc2c(cc(-c3cccc(C(/C=C\C)=C/C)c3)c3ccccc32)c1C=C.CC. The Hall–Kier alpha value is -4.94. The lowest BCUT2D eigenvalue weighted by molar-refractivity contribution is 1.50. The molecule has 0 aliphatic carbocycles. The molecule has 0 heterocycles. The highest BCUT2D eigenvalue weighted by atomic mass is 14.2. The lowest BCUT2D eigenvalue weighted by atomic mass is 9.85. The van der Waals surface area contributed by atoms with E-state index in [0.29, 0.717) is 0 Å². The molecule has 0 bridgehead atoms. The lowest BCUT2D eigenvalue weighted by Gasteiger charge is -2.18. The molecule has 0 spiro atoms. The van der Waals surface area contributed by atoms with Gasteiger partial charge in [-0.15, -0.1) is 0 Å². The summed E-state index contributed by atoms with van der Waals surface area (Å²) in [6.07, 6.45) is 10.4. The fraction of sp³-hybridized carbons (Fsp3) is 0.0952. The number of hydrogen-bond donors (Lipinski definition) is 0. The molecule has 0 N–H and O–H groups in total. The first kappa shape index (κ1) is 28.6. The summed E-state index contributed by atoms with van der Waals surface area (Å²) in [6.45, 7) is 16.6. The molecule has 0 radical (unpaired) electrons. The minimum absolute atomic E-state index is 1.11. The minimum atomic E-state index is 1.11. The third-order valence-corrected chi connectivity index (χ3v) is 7.88. The summed E-state index contributed by atoms with van der Waals surface area (Å²) in [4.78, 5) is 0. The number of allylic oxidation sites excluding steroid dienone is 4. The molecule has 0 aliphatic rings. The largest absolute Gasteiger partial charge is 0.0984 e. The zero-order valence-electron chi connectivity index (χ0n) is 25.1. The summed E-state index contributed by atoms with van der Waals surface area (Å²) in [6, 6.07) is 37.5. The first-order chi connectivity index (χ1) is 20.7. The highest BCUT2D eigenvalue weighted by Crippen LogP contribution is 2.42. The predicted molar refractivity (Wildman–Crippen MR) is 190 cm³/mol.